The number of hydrogen-bond donors (Lipinski definition) is 1. The Morgan fingerprint density at radius 2 is 2.32 bits per heavy atom. The smallest absolute Gasteiger partial charge is 0.305 e. The zero-order chi connectivity index (χ0) is 14.1. The van der Waals surface area contributed by atoms with Crippen LogP contribution in [0, 0.1) is 0 Å². The number of esters is 1. The number of nitrogens with zero attached hydrogens (tertiary/aromatic N) is 2. The molecule has 1 aromatic heterocycles. The first-order valence-corrected chi connectivity index (χ1v) is 7.14. The number of thioether (sulfide) groups is 1. The zero-order valence-electron chi connectivity index (χ0n) is 11.2. The summed E-state index contributed by atoms with van der Waals surface area (Å²) in [7, 11) is 1.88. The van der Waals surface area contributed by atoms with Gasteiger partial charge in [-0.1, -0.05) is 11.8 Å². The molecule has 106 valence electrons. The molecule has 0 fully saturated rings. The van der Waals surface area contributed by atoms with E-state index in [1.54, 1.807) is 13.1 Å². The molecule has 0 aromatic carbocycles. The number of nitrogens with one attached hydrogen (secondary N) is 1. The van der Waals surface area contributed by atoms with Gasteiger partial charge in [0.1, 0.15) is 0 Å². The van der Waals surface area contributed by atoms with Crippen LogP contribution in [0.3, 0.4) is 0 Å². The molecule has 0 aliphatic heterocycles. The van der Waals surface area contributed by atoms with Crippen molar-refractivity contribution in [2.45, 2.75) is 24.9 Å². The summed E-state index contributed by atoms with van der Waals surface area (Å²) in [4.78, 5) is 26.7. The molecule has 7 heteroatoms. The molecule has 19 heavy (non-hydrogen) atoms. The van der Waals surface area contributed by atoms with Crippen molar-refractivity contribution in [2.75, 3.05) is 18.9 Å². The maximum Gasteiger partial charge on any atom is 0.305 e. The zero-order valence-corrected chi connectivity index (χ0v) is 12.0. The predicted octanol–water partition coefficient (Wildman–Crippen LogP) is 0.972. The molecule has 1 heterocycles. The van der Waals surface area contributed by atoms with E-state index in [4.69, 9.17) is 4.74 Å². The Morgan fingerprint density at radius 3 is 2.95 bits per heavy atom. The van der Waals surface area contributed by atoms with Gasteiger partial charge in [0.25, 0.3) is 0 Å². The lowest BCUT2D eigenvalue weighted by Crippen LogP contribution is -2.26. The SMILES string of the molecule is CCOC(=O)CCCNC(=O)CSc1nccn1C. The Balaban J connectivity index is 2.08. The number of imidazole rings is 1. The standard InChI is InChI=1S/C12H19N3O3S/c1-3-18-11(17)5-4-6-13-10(16)9-19-12-14-7-8-15(12)2/h7-8H,3-6,9H2,1-2H3,(H,13,16). The third-order valence-corrected chi connectivity index (χ3v) is 3.35. The minimum atomic E-state index is -0.223. The van der Waals surface area contributed by atoms with Gasteiger partial charge in [-0.15, -0.1) is 0 Å². The van der Waals surface area contributed by atoms with Gasteiger partial charge in [-0.05, 0) is 13.3 Å². The van der Waals surface area contributed by atoms with Crippen LogP contribution in [0.2, 0.25) is 0 Å². The lowest BCUT2D eigenvalue weighted by molar-refractivity contribution is -0.143. The number of ether oxygens (including phenoxy) is 1. The maximum absolute atomic E-state index is 11.5. The van der Waals surface area contributed by atoms with Gasteiger partial charge >= 0.3 is 5.97 Å². The summed E-state index contributed by atoms with van der Waals surface area (Å²) >= 11 is 1.38. The number of hydrogen-bond acceptors (Lipinski definition) is 5. The van der Waals surface area contributed by atoms with Crippen LogP contribution in [0.1, 0.15) is 19.8 Å². The maximum atomic E-state index is 11.5. The molecular formula is C12H19N3O3S. The highest BCUT2D eigenvalue weighted by Gasteiger charge is 2.06. The van der Waals surface area contributed by atoms with Crippen LogP contribution in [0.4, 0.5) is 0 Å². The largest absolute Gasteiger partial charge is 0.466 e. The first kappa shape index (κ1) is 15.6. The summed E-state index contributed by atoms with van der Waals surface area (Å²) in [6.07, 6.45) is 4.46. The Morgan fingerprint density at radius 1 is 1.53 bits per heavy atom. The highest BCUT2D eigenvalue weighted by Crippen LogP contribution is 2.13. The van der Waals surface area contributed by atoms with Gasteiger partial charge in [0, 0.05) is 32.4 Å². The summed E-state index contributed by atoms with van der Waals surface area (Å²) in [6, 6.07) is 0. The van der Waals surface area contributed by atoms with Gasteiger partial charge in [-0.2, -0.15) is 0 Å². The lowest BCUT2D eigenvalue weighted by Gasteiger charge is -2.05. The summed E-state index contributed by atoms with van der Waals surface area (Å²) in [5, 5.41) is 3.56. The molecule has 6 nitrogen and oxygen atoms in total. The van der Waals surface area contributed by atoms with E-state index in [-0.39, 0.29) is 11.9 Å². The van der Waals surface area contributed by atoms with Crippen molar-refractivity contribution in [3.05, 3.63) is 12.4 Å². The third-order valence-electron chi connectivity index (χ3n) is 2.29. The van der Waals surface area contributed by atoms with Crippen molar-refractivity contribution in [3.8, 4) is 0 Å². The minimum absolute atomic E-state index is 0.0585. The number of amides is 1. The number of aromatic nitrogens is 2. The van der Waals surface area contributed by atoms with Crippen LogP contribution in [-0.4, -0.2) is 40.3 Å². The third kappa shape index (κ3) is 6.28. The Bertz CT molecular complexity index is 420. The van der Waals surface area contributed by atoms with Gasteiger partial charge in [-0.25, -0.2) is 4.98 Å². The fourth-order valence-corrected chi connectivity index (χ4v) is 2.13. The van der Waals surface area contributed by atoms with Crippen LogP contribution in [0.25, 0.3) is 0 Å². The van der Waals surface area contributed by atoms with Crippen molar-refractivity contribution in [3.63, 3.8) is 0 Å². The molecule has 0 aliphatic rings. The molecule has 0 spiro atoms. The van der Waals surface area contributed by atoms with E-state index in [2.05, 4.69) is 10.3 Å². The molecule has 0 bridgehead atoms. The quantitative estimate of drug-likeness (QED) is 0.438. The van der Waals surface area contributed by atoms with E-state index in [0.29, 0.717) is 31.7 Å². The van der Waals surface area contributed by atoms with Crippen LogP contribution in [0.5, 0.6) is 0 Å². The average molecular weight is 285 g/mol. The highest BCUT2D eigenvalue weighted by atomic mass is 32.2. The van der Waals surface area contributed by atoms with E-state index in [9.17, 15) is 9.59 Å². The second-order valence-corrected chi connectivity index (χ2v) is 4.81. The molecule has 0 saturated heterocycles. The van der Waals surface area contributed by atoms with Gasteiger partial charge < -0.3 is 14.6 Å². The first-order chi connectivity index (χ1) is 9.13. The molecule has 0 unspecified atom stereocenters. The van der Waals surface area contributed by atoms with Crippen molar-refractivity contribution < 1.29 is 14.3 Å². The van der Waals surface area contributed by atoms with Crippen LogP contribution < -0.4 is 5.32 Å². The Labute approximate surface area is 116 Å². The van der Waals surface area contributed by atoms with E-state index < -0.39 is 0 Å². The van der Waals surface area contributed by atoms with Gasteiger partial charge in [0.15, 0.2) is 5.16 Å². The topological polar surface area (TPSA) is 73.2 Å². The normalized spacial score (nSPS) is 10.2. The van der Waals surface area contributed by atoms with Crippen molar-refractivity contribution in [1.82, 2.24) is 14.9 Å². The van der Waals surface area contributed by atoms with Crippen molar-refractivity contribution in [2.24, 2.45) is 7.05 Å². The summed E-state index contributed by atoms with van der Waals surface area (Å²) in [5.74, 6) is 0.0422. The molecule has 1 aromatic rings. The number of carbonyl (C=O) groups is 2. The van der Waals surface area contributed by atoms with Crippen LogP contribution >= 0.6 is 11.8 Å². The van der Waals surface area contributed by atoms with Crippen LogP contribution in [-0.2, 0) is 21.4 Å². The molecular weight excluding hydrogens is 266 g/mol. The summed E-state index contributed by atoms with van der Waals surface area (Å²) in [6.45, 7) is 2.65. The summed E-state index contributed by atoms with van der Waals surface area (Å²) < 4.78 is 6.65. The molecule has 0 atom stereocenters. The van der Waals surface area contributed by atoms with Crippen molar-refractivity contribution in [1.29, 1.82) is 0 Å². The van der Waals surface area contributed by atoms with E-state index in [1.807, 2.05) is 17.8 Å². The van der Waals surface area contributed by atoms with E-state index in [1.165, 1.54) is 11.8 Å². The second kappa shape index (κ2) is 8.58. The number of carbonyl (C=O) groups excluding carboxylic acids is 2. The molecule has 0 aliphatic carbocycles. The average Bonchev–Trinajstić information content (AvgIpc) is 2.78. The highest BCUT2D eigenvalue weighted by molar-refractivity contribution is 7.99. The monoisotopic (exact) mass is 285 g/mol. The summed E-state index contributed by atoms with van der Waals surface area (Å²) in [5.41, 5.74) is 0. The number of aryl methyl sites for hydroxylation is 1. The fourth-order valence-electron chi connectivity index (χ4n) is 1.37. The Hall–Kier alpha value is -1.50. The van der Waals surface area contributed by atoms with Gasteiger partial charge in [0.2, 0.25) is 5.91 Å². The second-order valence-electron chi connectivity index (χ2n) is 3.87. The predicted molar refractivity (Wildman–Crippen MR) is 72.8 cm³/mol. The Kier molecular flexibility index (Phi) is 7.02. The molecule has 0 saturated carbocycles. The molecule has 1 amide bonds. The van der Waals surface area contributed by atoms with Crippen molar-refractivity contribution >= 4 is 23.6 Å². The van der Waals surface area contributed by atoms with Crippen LogP contribution in [0.15, 0.2) is 17.6 Å². The van der Waals surface area contributed by atoms with E-state index >= 15 is 0 Å². The fraction of sp³-hybridized carbons (Fsp3) is 0.583. The lowest BCUT2D eigenvalue weighted by atomic mass is 10.3. The molecule has 1 N–H and O–H groups in total. The van der Waals surface area contributed by atoms with Gasteiger partial charge in [-0.3, -0.25) is 9.59 Å². The first-order valence-electron chi connectivity index (χ1n) is 6.16. The van der Waals surface area contributed by atoms with E-state index in [0.717, 1.165) is 5.16 Å². The molecule has 1 rings (SSSR count). The molecule has 0 radical (unpaired) electrons. The van der Waals surface area contributed by atoms with Gasteiger partial charge in [0.05, 0.1) is 12.4 Å². The minimum Gasteiger partial charge on any atom is -0.466 e. The number of rotatable bonds is 8.